The Morgan fingerprint density at radius 2 is 1.68 bits per heavy atom. The van der Waals surface area contributed by atoms with Gasteiger partial charge in [0.1, 0.15) is 0 Å². The van der Waals surface area contributed by atoms with E-state index < -0.39 is 0 Å². The molecule has 0 aromatic rings. The molecule has 19 heavy (non-hydrogen) atoms. The zero-order valence-electron chi connectivity index (χ0n) is 13.5. The van der Waals surface area contributed by atoms with Crippen LogP contribution in [0.1, 0.15) is 85.0 Å². The molecule has 1 rings (SSSR count). The Hall–Kier alpha value is -0.0800. The van der Waals surface area contributed by atoms with Crippen LogP contribution < -0.4 is 0 Å². The lowest BCUT2D eigenvalue weighted by atomic mass is 9.88. The minimum atomic E-state index is -0.367. The second-order valence-electron chi connectivity index (χ2n) is 6.73. The van der Waals surface area contributed by atoms with Crippen LogP contribution >= 0.6 is 0 Å². The monoisotopic (exact) mass is 269 g/mol. The molecule has 1 aliphatic rings. The summed E-state index contributed by atoms with van der Waals surface area (Å²) >= 11 is 0. The van der Waals surface area contributed by atoms with Crippen molar-refractivity contribution < 1.29 is 5.11 Å². The van der Waals surface area contributed by atoms with E-state index in [4.69, 9.17) is 0 Å². The lowest BCUT2D eigenvalue weighted by Crippen LogP contribution is -2.34. The molecule has 1 unspecified atom stereocenters. The molecule has 0 saturated carbocycles. The Balaban J connectivity index is 2.20. The maximum Gasteiger partial charge on any atom is 0.0660 e. The highest BCUT2D eigenvalue weighted by Gasteiger charge is 2.29. The van der Waals surface area contributed by atoms with E-state index in [2.05, 4.69) is 25.7 Å². The maximum absolute atomic E-state index is 10.7. The Morgan fingerprint density at radius 3 is 2.37 bits per heavy atom. The molecule has 1 aliphatic heterocycles. The summed E-state index contributed by atoms with van der Waals surface area (Å²) in [5, 5.41) is 10.7. The third-order valence-electron chi connectivity index (χ3n) is 4.68. The lowest BCUT2D eigenvalue weighted by Gasteiger charge is -2.28. The third kappa shape index (κ3) is 6.76. The molecule has 1 N–H and O–H groups in total. The standard InChI is InChI=1S/C17H35NO/c1-4-5-6-7-8-9-11-17(19)12-10-14-18(15-13-17)16(2)3/h16,19H,4-15H2,1-3H3. The van der Waals surface area contributed by atoms with Crippen molar-refractivity contribution >= 4 is 0 Å². The Kier molecular flexibility index (Phi) is 8.01. The van der Waals surface area contributed by atoms with Gasteiger partial charge in [-0.3, -0.25) is 0 Å². The summed E-state index contributed by atoms with van der Waals surface area (Å²) in [6.45, 7) is 9.02. The Morgan fingerprint density at radius 1 is 1.00 bits per heavy atom. The fourth-order valence-electron chi connectivity index (χ4n) is 3.20. The molecule has 2 heteroatoms. The van der Waals surface area contributed by atoms with Crippen molar-refractivity contribution in [3.8, 4) is 0 Å². The van der Waals surface area contributed by atoms with E-state index in [0.717, 1.165) is 38.8 Å². The number of likely N-dealkylation sites (tertiary alicyclic amines) is 1. The van der Waals surface area contributed by atoms with Crippen molar-refractivity contribution in [1.29, 1.82) is 0 Å². The molecule has 2 nitrogen and oxygen atoms in total. The van der Waals surface area contributed by atoms with Gasteiger partial charge in [0.2, 0.25) is 0 Å². The van der Waals surface area contributed by atoms with Gasteiger partial charge in [0, 0.05) is 12.6 Å². The van der Waals surface area contributed by atoms with E-state index in [9.17, 15) is 5.11 Å². The van der Waals surface area contributed by atoms with Gasteiger partial charge in [-0.25, -0.2) is 0 Å². The molecule has 1 atom stereocenters. The van der Waals surface area contributed by atoms with E-state index in [-0.39, 0.29) is 5.60 Å². The topological polar surface area (TPSA) is 23.5 Å². The van der Waals surface area contributed by atoms with Gasteiger partial charge in [-0.05, 0) is 46.1 Å². The molecule has 0 aromatic carbocycles. The summed E-state index contributed by atoms with van der Waals surface area (Å²) in [6, 6.07) is 0.622. The van der Waals surface area contributed by atoms with Crippen LogP contribution in [0.5, 0.6) is 0 Å². The first-order valence-electron chi connectivity index (χ1n) is 8.54. The molecule has 0 bridgehead atoms. The van der Waals surface area contributed by atoms with Crippen LogP contribution in [0, 0.1) is 0 Å². The molecule has 1 fully saturated rings. The third-order valence-corrected chi connectivity index (χ3v) is 4.68. The highest BCUT2D eigenvalue weighted by Crippen LogP contribution is 2.28. The van der Waals surface area contributed by atoms with Gasteiger partial charge in [-0.1, -0.05) is 45.4 Å². The van der Waals surface area contributed by atoms with Crippen LogP contribution in [0.3, 0.4) is 0 Å². The number of aliphatic hydroxyl groups is 1. The molecule has 0 radical (unpaired) electrons. The van der Waals surface area contributed by atoms with Crippen LogP contribution in [0.25, 0.3) is 0 Å². The average molecular weight is 269 g/mol. The molecular weight excluding hydrogens is 234 g/mol. The summed E-state index contributed by atoms with van der Waals surface area (Å²) in [5.74, 6) is 0. The first kappa shape index (κ1) is 17.0. The summed E-state index contributed by atoms with van der Waals surface area (Å²) < 4.78 is 0. The molecular formula is C17H35NO. The molecule has 0 aromatic heterocycles. The van der Waals surface area contributed by atoms with Crippen molar-refractivity contribution in [2.45, 2.75) is 96.6 Å². The molecule has 1 saturated heterocycles. The van der Waals surface area contributed by atoms with E-state index in [1.807, 2.05) is 0 Å². The van der Waals surface area contributed by atoms with Gasteiger partial charge < -0.3 is 10.0 Å². The number of nitrogens with zero attached hydrogens (tertiary/aromatic N) is 1. The normalized spacial score (nSPS) is 25.7. The highest BCUT2D eigenvalue weighted by molar-refractivity contribution is 4.84. The van der Waals surface area contributed by atoms with Crippen molar-refractivity contribution in [2.75, 3.05) is 13.1 Å². The van der Waals surface area contributed by atoms with Crippen molar-refractivity contribution in [2.24, 2.45) is 0 Å². The minimum absolute atomic E-state index is 0.367. The number of hydrogen-bond acceptors (Lipinski definition) is 2. The Labute approximate surface area is 120 Å². The van der Waals surface area contributed by atoms with Gasteiger partial charge in [-0.15, -0.1) is 0 Å². The Bertz CT molecular complexity index is 229. The fourth-order valence-corrected chi connectivity index (χ4v) is 3.20. The highest BCUT2D eigenvalue weighted by atomic mass is 16.3. The van der Waals surface area contributed by atoms with E-state index >= 15 is 0 Å². The number of hydrogen-bond donors (Lipinski definition) is 1. The van der Waals surface area contributed by atoms with Crippen LogP contribution in [-0.4, -0.2) is 34.7 Å². The van der Waals surface area contributed by atoms with Crippen molar-refractivity contribution in [1.82, 2.24) is 4.90 Å². The van der Waals surface area contributed by atoms with E-state index in [0.29, 0.717) is 6.04 Å². The molecule has 0 spiro atoms. The van der Waals surface area contributed by atoms with E-state index in [1.165, 1.54) is 38.5 Å². The van der Waals surface area contributed by atoms with Gasteiger partial charge in [0.15, 0.2) is 0 Å². The van der Waals surface area contributed by atoms with Gasteiger partial charge in [0.25, 0.3) is 0 Å². The molecule has 0 amide bonds. The van der Waals surface area contributed by atoms with Crippen LogP contribution in [0.15, 0.2) is 0 Å². The smallest absolute Gasteiger partial charge is 0.0660 e. The van der Waals surface area contributed by atoms with Crippen LogP contribution in [-0.2, 0) is 0 Å². The lowest BCUT2D eigenvalue weighted by molar-refractivity contribution is 0.0138. The van der Waals surface area contributed by atoms with Crippen molar-refractivity contribution in [3.05, 3.63) is 0 Å². The van der Waals surface area contributed by atoms with E-state index in [1.54, 1.807) is 0 Å². The zero-order valence-corrected chi connectivity index (χ0v) is 13.5. The van der Waals surface area contributed by atoms with Gasteiger partial charge in [-0.2, -0.15) is 0 Å². The largest absolute Gasteiger partial charge is 0.390 e. The van der Waals surface area contributed by atoms with Gasteiger partial charge in [0.05, 0.1) is 5.60 Å². The first-order chi connectivity index (χ1) is 9.07. The average Bonchev–Trinajstić information content (AvgIpc) is 2.56. The summed E-state index contributed by atoms with van der Waals surface area (Å²) in [5.41, 5.74) is -0.367. The molecule has 114 valence electrons. The molecule has 1 heterocycles. The predicted molar refractivity (Wildman–Crippen MR) is 83.5 cm³/mol. The van der Waals surface area contributed by atoms with Crippen LogP contribution in [0.2, 0.25) is 0 Å². The number of rotatable bonds is 8. The second-order valence-corrected chi connectivity index (χ2v) is 6.73. The second kappa shape index (κ2) is 8.97. The minimum Gasteiger partial charge on any atom is -0.390 e. The summed E-state index contributed by atoms with van der Waals surface area (Å²) in [7, 11) is 0. The van der Waals surface area contributed by atoms with Gasteiger partial charge >= 0.3 is 0 Å². The van der Waals surface area contributed by atoms with Crippen molar-refractivity contribution in [3.63, 3.8) is 0 Å². The molecule has 0 aliphatic carbocycles. The summed E-state index contributed by atoms with van der Waals surface area (Å²) in [6.07, 6.45) is 12.1. The summed E-state index contributed by atoms with van der Waals surface area (Å²) in [4.78, 5) is 2.51. The fraction of sp³-hybridized carbons (Fsp3) is 1.00. The quantitative estimate of drug-likeness (QED) is 0.662. The zero-order chi connectivity index (χ0) is 14.1. The predicted octanol–water partition coefficient (Wildman–Crippen LogP) is 4.36. The first-order valence-corrected chi connectivity index (χ1v) is 8.54. The van der Waals surface area contributed by atoms with Crippen LogP contribution in [0.4, 0.5) is 0 Å². The maximum atomic E-state index is 10.7. The number of unbranched alkanes of at least 4 members (excludes halogenated alkanes) is 5. The SMILES string of the molecule is CCCCCCCCC1(O)CCCN(C(C)C)CC1.